The molecule has 1 N–H and O–H groups in total. The van der Waals surface area contributed by atoms with Crippen LogP contribution in [0.5, 0.6) is 0 Å². The zero-order chi connectivity index (χ0) is 17.1. The number of fused-ring (bicyclic) bond motifs is 1. The van der Waals surface area contributed by atoms with Crippen molar-refractivity contribution >= 4 is 24.0 Å². The molecule has 0 aliphatic carbocycles. The van der Waals surface area contributed by atoms with Gasteiger partial charge in [0.2, 0.25) is 0 Å². The minimum Gasteiger partial charge on any atom is -0.296 e. The van der Waals surface area contributed by atoms with E-state index in [1.54, 1.807) is 12.1 Å². The SMILES string of the molecule is Cc1cc2c(nc1C=O)N(C(=O)Nc1ccc(C#N)cn1)CCC2. The summed E-state index contributed by atoms with van der Waals surface area (Å²) in [5, 5.41) is 11.5. The number of hydrogen-bond donors (Lipinski definition) is 1. The molecule has 1 aliphatic heterocycles. The van der Waals surface area contributed by atoms with Crippen LogP contribution in [0.15, 0.2) is 24.4 Å². The summed E-state index contributed by atoms with van der Waals surface area (Å²) in [6, 6.07) is 6.67. The minimum atomic E-state index is -0.360. The smallest absolute Gasteiger partial charge is 0.296 e. The average molecular weight is 321 g/mol. The van der Waals surface area contributed by atoms with Crippen molar-refractivity contribution in [2.45, 2.75) is 19.8 Å². The number of carbonyl (C=O) groups is 2. The zero-order valence-electron chi connectivity index (χ0n) is 13.1. The normalized spacial score (nSPS) is 12.9. The highest BCUT2D eigenvalue weighted by Gasteiger charge is 2.25. The zero-order valence-corrected chi connectivity index (χ0v) is 13.1. The molecule has 0 saturated heterocycles. The summed E-state index contributed by atoms with van der Waals surface area (Å²) >= 11 is 0. The highest BCUT2D eigenvalue weighted by atomic mass is 16.2. The average Bonchev–Trinajstić information content (AvgIpc) is 2.61. The van der Waals surface area contributed by atoms with E-state index in [1.807, 2.05) is 19.1 Å². The first-order chi connectivity index (χ1) is 11.6. The molecule has 2 aromatic rings. The summed E-state index contributed by atoms with van der Waals surface area (Å²) in [5.74, 6) is 0.869. The van der Waals surface area contributed by atoms with Gasteiger partial charge in [-0.15, -0.1) is 0 Å². The van der Waals surface area contributed by atoms with E-state index in [0.29, 0.717) is 35.7 Å². The van der Waals surface area contributed by atoms with Crippen LogP contribution in [-0.4, -0.2) is 28.8 Å². The number of nitrogens with one attached hydrogen (secondary N) is 1. The number of hydrogen-bond acceptors (Lipinski definition) is 5. The lowest BCUT2D eigenvalue weighted by Crippen LogP contribution is -2.39. The number of amides is 2. The molecule has 0 radical (unpaired) electrons. The van der Waals surface area contributed by atoms with Crippen molar-refractivity contribution in [1.29, 1.82) is 5.26 Å². The lowest BCUT2D eigenvalue weighted by atomic mass is 10.0. The molecule has 120 valence electrons. The third-order valence-electron chi connectivity index (χ3n) is 3.88. The van der Waals surface area contributed by atoms with E-state index in [4.69, 9.17) is 5.26 Å². The Balaban J connectivity index is 1.86. The van der Waals surface area contributed by atoms with E-state index in [1.165, 1.54) is 11.1 Å². The molecule has 0 unspecified atom stereocenters. The van der Waals surface area contributed by atoms with Crippen LogP contribution >= 0.6 is 0 Å². The van der Waals surface area contributed by atoms with Crippen LogP contribution in [0.4, 0.5) is 16.4 Å². The first-order valence-electron chi connectivity index (χ1n) is 7.52. The third-order valence-corrected chi connectivity index (χ3v) is 3.88. The lowest BCUT2D eigenvalue weighted by Gasteiger charge is -2.28. The van der Waals surface area contributed by atoms with Gasteiger partial charge in [-0.25, -0.2) is 14.8 Å². The monoisotopic (exact) mass is 321 g/mol. The fourth-order valence-corrected chi connectivity index (χ4v) is 2.65. The minimum absolute atomic E-state index is 0.338. The first-order valence-corrected chi connectivity index (χ1v) is 7.52. The van der Waals surface area contributed by atoms with E-state index >= 15 is 0 Å². The molecule has 24 heavy (non-hydrogen) atoms. The van der Waals surface area contributed by atoms with Gasteiger partial charge in [-0.05, 0) is 43.0 Å². The van der Waals surface area contributed by atoms with Crippen molar-refractivity contribution in [3.05, 3.63) is 46.8 Å². The van der Waals surface area contributed by atoms with Gasteiger partial charge in [0.15, 0.2) is 6.29 Å². The van der Waals surface area contributed by atoms with Crippen LogP contribution in [0, 0.1) is 18.3 Å². The first kappa shape index (κ1) is 15.6. The van der Waals surface area contributed by atoms with E-state index in [9.17, 15) is 9.59 Å². The van der Waals surface area contributed by atoms with Crippen LogP contribution in [0.3, 0.4) is 0 Å². The molecule has 0 saturated carbocycles. The van der Waals surface area contributed by atoms with Crippen molar-refractivity contribution in [1.82, 2.24) is 9.97 Å². The number of aromatic nitrogens is 2. The lowest BCUT2D eigenvalue weighted by molar-refractivity contribution is 0.111. The Morgan fingerprint density at radius 2 is 2.29 bits per heavy atom. The van der Waals surface area contributed by atoms with Gasteiger partial charge in [0.25, 0.3) is 0 Å². The number of nitriles is 1. The molecule has 3 heterocycles. The van der Waals surface area contributed by atoms with Gasteiger partial charge >= 0.3 is 6.03 Å². The highest BCUT2D eigenvalue weighted by Crippen LogP contribution is 2.27. The molecular weight excluding hydrogens is 306 g/mol. The quantitative estimate of drug-likeness (QED) is 0.857. The third kappa shape index (κ3) is 2.94. The number of aryl methyl sites for hydroxylation is 2. The molecule has 7 nitrogen and oxygen atoms in total. The molecule has 0 bridgehead atoms. The van der Waals surface area contributed by atoms with E-state index in [-0.39, 0.29) is 6.03 Å². The Kier molecular flexibility index (Phi) is 4.20. The van der Waals surface area contributed by atoms with Crippen molar-refractivity contribution in [3.8, 4) is 6.07 Å². The summed E-state index contributed by atoms with van der Waals surface area (Å²) in [6.45, 7) is 2.35. The standard InChI is InChI=1S/C17H15N5O2/c1-11-7-13-3-2-6-22(16(13)20-14(11)10-23)17(24)21-15-5-4-12(8-18)9-19-15/h4-5,7,9-10H,2-3,6H2,1H3,(H,19,21,24). The molecule has 7 heteroatoms. The Hall–Kier alpha value is -3.27. The number of nitrogens with zero attached hydrogens (tertiary/aromatic N) is 4. The number of urea groups is 1. The van der Waals surface area contributed by atoms with E-state index < -0.39 is 0 Å². The van der Waals surface area contributed by atoms with Gasteiger partial charge in [0, 0.05) is 12.7 Å². The molecule has 0 atom stereocenters. The maximum Gasteiger partial charge on any atom is 0.328 e. The second-order valence-electron chi connectivity index (χ2n) is 5.52. The van der Waals surface area contributed by atoms with Crippen molar-refractivity contribution < 1.29 is 9.59 Å². The van der Waals surface area contributed by atoms with Crippen molar-refractivity contribution in [2.24, 2.45) is 0 Å². The second kappa shape index (κ2) is 6.46. The molecule has 0 fully saturated rings. The number of carbonyl (C=O) groups excluding carboxylic acids is 2. The molecule has 0 aromatic carbocycles. The van der Waals surface area contributed by atoms with E-state index in [2.05, 4.69) is 15.3 Å². The fraction of sp³-hybridized carbons (Fsp3) is 0.235. The number of rotatable bonds is 2. The molecule has 3 rings (SSSR count). The van der Waals surface area contributed by atoms with Gasteiger partial charge in [0.1, 0.15) is 23.4 Å². The maximum atomic E-state index is 12.6. The summed E-state index contributed by atoms with van der Waals surface area (Å²) in [6.07, 6.45) is 3.73. The summed E-state index contributed by atoms with van der Waals surface area (Å²) in [7, 11) is 0. The van der Waals surface area contributed by atoms with Gasteiger partial charge < -0.3 is 0 Å². The Bertz CT molecular complexity index is 839. The van der Waals surface area contributed by atoms with Gasteiger partial charge in [-0.1, -0.05) is 6.07 Å². The van der Waals surface area contributed by atoms with E-state index in [0.717, 1.165) is 24.0 Å². The highest BCUT2D eigenvalue weighted by molar-refractivity contribution is 6.01. The molecule has 0 spiro atoms. The van der Waals surface area contributed by atoms with Crippen molar-refractivity contribution in [2.75, 3.05) is 16.8 Å². The van der Waals surface area contributed by atoms with Crippen LogP contribution in [0.2, 0.25) is 0 Å². The summed E-state index contributed by atoms with van der Waals surface area (Å²) in [4.78, 5) is 33.6. The Labute approximate surface area is 139 Å². The Morgan fingerprint density at radius 3 is 2.96 bits per heavy atom. The molecule has 2 amide bonds. The number of pyridine rings is 2. The predicted molar refractivity (Wildman–Crippen MR) is 88.0 cm³/mol. The van der Waals surface area contributed by atoms with Gasteiger partial charge in [-0.3, -0.25) is 15.0 Å². The summed E-state index contributed by atoms with van der Waals surface area (Å²) < 4.78 is 0. The predicted octanol–water partition coefficient (Wildman–Crippen LogP) is 2.45. The number of aldehydes is 1. The summed E-state index contributed by atoms with van der Waals surface area (Å²) in [5.41, 5.74) is 2.51. The second-order valence-corrected chi connectivity index (χ2v) is 5.52. The molecular formula is C17H15N5O2. The van der Waals surface area contributed by atoms with Crippen LogP contribution < -0.4 is 10.2 Å². The number of anilines is 2. The van der Waals surface area contributed by atoms with Gasteiger partial charge in [0.05, 0.1) is 5.56 Å². The topological polar surface area (TPSA) is 99.0 Å². The largest absolute Gasteiger partial charge is 0.328 e. The molecule has 2 aromatic heterocycles. The Morgan fingerprint density at radius 1 is 1.46 bits per heavy atom. The fourth-order valence-electron chi connectivity index (χ4n) is 2.65. The molecule has 1 aliphatic rings. The van der Waals surface area contributed by atoms with Gasteiger partial charge in [-0.2, -0.15) is 5.26 Å². The van der Waals surface area contributed by atoms with Crippen LogP contribution in [-0.2, 0) is 6.42 Å². The van der Waals surface area contributed by atoms with Crippen LogP contribution in [0.1, 0.15) is 33.6 Å². The van der Waals surface area contributed by atoms with Crippen LogP contribution in [0.25, 0.3) is 0 Å². The van der Waals surface area contributed by atoms with Crippen molar-refractivity contribution in [3.63, 3.8) is 0 Å². The maximum absolute atomic E-state index is 12.6.